The normalized spacial score (nSPS) is 10.9. The minimum Gasteiger partial charge on any atom is -0.381 e. The highest BCUT2D eigenvalue weighted by Crippen LogP contribution is 2.24. The Labute approximate surface area is 123 Å². The number of anilines is 1. The van der Waals surface area contributed by atoms with Crippen molar-refractivity contribution in [3.8, 4) is 0 Å². The predicted molar refractivity (Wildman–Crippen MR) is 86.6 cm³/mol. The van der Waals surface area contributed by atoms with Crippen LogP contribution in [0.4, 0.5) is 5.69 Å². The fraction of sp³-hybridized carbons (Fsp3) is 0.176. The van der Waals surface area contributed by atoms with Crippen LogP contribution in [0.15, 0.2) is 42.6 Å². The lowest BCUT2D eigenvalue weighted by Gasteiger charge is -2.11. The van der Waals surface area contributed by atoms with Gasteiger partial charge in [-0.3, -0.25) is 0 Å². The Morgan fingerprint density at radius 1 is 1.15 bits per heavy atom. The van der Waals surface area contributed by atoms with Gasteiger partial charge >= 0.3 is 0 Å². The molecule has 3 rings (SSSR count). The lowest BCUT2D eigenvalue weighted by Crippen LogP contribution is -2.01. The Bertz CT molecular complexity index is 759. The summed E-state index contributed by atoms with van der Waals surface area (Å²) >= 11 is 6.00. The SMILES string of the molecule is Cc1cccc(NCc2c[nH]c3cc(Cl)ccc23)c1C. The summed E-state index contributed by atoms with van der Waals surface area (Å²) in [4.78, 5) is 3.27. The molecule has 1 heterocycles. The van der Waals surface area contributed by atoms with Crippen molar-refractivity contribution < 1.29 is 0 Å². The van der Waals surface area contributed by atoms with Crippen molar-refractivity contribution >= 4 is 28.2 Å². The van der Waals surface area contributed by atoms with Crippen LogP contribution in [0.3, 0.4) is 0 Å². The monoisotopic (exact) mass is 284 g/mol. The largest absolute Gasteiger partial charge is 0.381 e. The number of halogens is 1. The lowest BCUT2D eigenvalue weighted by atomic mass is 10.1. The highest BCUT2D eigenvalue weighted by atomic mass is 35.5. The summed E-state index contributed by atoms with van der Waals surface area (Å²) in [5.41, 5.74) is 6.12. The molecule has 3 aromatic rings. The molecule has 20 heavy (non-hydrogen) atoms. The second-order valence-electron chi connectivity index (χ2n) is 5.10. The summed E-state index contributed by atoms with van der Waals surface area (Å²) in [6, 6.07) is 12.3. The van der Waals surface area contributed by atoms with E-state index in [2.05, 4.69) is 48.4 Å². The molecule has 3 heteroatoms. The fourth-order valence-electron chi connectivity index (χ4n) is 2.44. The van der Waals surface area contributed by atoms with Crippen LogP contribution in [0.2, 0.25) is 5.02 Å². The first kappa shape index (κ1) is 13.1. The fourth-order valence-corrected chi connectivity index (χ4v) is 2.61. The zero-order chi connectivity index (χ0) is 14.1. The Kier molecular flexibility index (Phi) is 3.41. The van der Waals surface area contributed by atoms with Crippen LogP contribution < -0.4 is 5.32 Å². The number of nitrogens with one attached hydrogen (secondary N) is 2. The van der Waals surface area contributed by atoms with Gasteiger partial charge in [0.25, 0.3) is 0 Å². The molecule has 1 aromatic heterocycles. The van der Waals surface area contributed by atoms with Gasteiger partial charge in [0.15, 0.2) is 0 Å². The van der Waals surface area contributed by atoms with E-state index in [0.717, 1.165) is 17.1 Å². The summed E-state index contributed by atoms with van der Waals surface area (Å²) in [5.74, 6) is 0. The molecule has 0 saturated heterocycles. The van der Waals surface area contributed by atoms with E-state index in [4.69, 9.17) is 11.6 Å². The van der Waals surface area contributed by atoms with E-state index >= 15 is 0 Å². The number of fused-ring (bicyclic) bond motifs is 1. The quantitative estimate of drug-likeness (QED) is 0.692. The predicted octanol–water partition coefficient (Wildman–Crippen LogP) is 5.05. The molecular formula is C17H17ClN2. The lowest BCUT2D eigenvalue weighted by molar-refractivity contribution is 1.15. The molecular weight excluding hydrogens is 268 g/mol. The number of H-pyrrole nitrogens is 1. The Balaban J connectivity index is 1.85. The number of rotatable bonds is 3. The Hall–Kier alpha value is -1.93. The van der Waals surface area contributed by atoms with E-state index in [1.54, 1.807) is 0 Å². The molecule has 0 bridgehead atoms. The van der Waals surface area contributed by atoms with Gasteiger partial charge in [-0.15, -0.1) is 0 Å². The van der Waals surface area contributed by atoms with E-state index < -0.39 is 0 Å². The molecule has 0 unspecified atom stereocenters. The van der Waals surface area contributed by atoms with Gasteiger partial charge < -0.3 is 10.3 Å². The first-order valence-corrected chi connectivity index (χ1v) is 7.08. The smallest absolute Gasteiger partial charge is 0.0472 e. The first-order chi connectivity index (χ1) is 9.65. The van der Waals surface area contributed by atoms with Gasteiger partial charge in [0.1, 0.15) is 0 Å². The molecule has 2 aromatic carbocycles. The number of aryl methyl sites for hydroxylation is 1. The maximum absolute atomic E-state index is 6.00. The summed E-state index contributed by atoms with van der Waals surface area (Å²) < 4.78 is 0. The van der Waals surface area contributed by atoms with Crippen LogP contribution in [-0.2, 0) is 6.54 Å². The summed E-state index contributed by atoms with van der Waals surface area (Å²) in [7, 11) is 0. The van der Waals surface area contributed by atoms with Crippen molar-refractivity contribution in [1.82, 2.24) is 4.98 Å². The van der Waals surface area contributed by atoms with Crippen molar-refractivity contribution in [2.75, 3.05) is 5.32 Å². The standard InChI is InChI=1S/C17H17ClN2/c1-11-4-3-5-16(12(11)2)19-9-13-10-20-17-8-14(18)6-7-15(13)17/h3-8,10,19-20H,9H2,1-2H3. The van der Waals surface area contributed by atoms with Crippen molar-refractivity contribution in [3.05, 3.63) is 64.3 Å². The maximum atomic E-state index is 6.00. The molecule has 0 spiro atoms. The van der Waals surface area contributed by atoms with Crippen LogP contribution >= 0.6 is 11.6 Å². The number of aromatic amines is 1. The van der Waals surface area contributed by atoms with E-state index in [1.807, 2.05) is 18.3 Å². The van der Waals surface area contributed by atoms with Crippen molar-refractivity contribution in [2.45, 2.75) is 20.4 Å². The number of hydrogen-bond acceptors (Lipinski definition) is 1. The Morgan fingerprint density at radius 3 is 2.85 bits per heavy atom. The summed E-state index contributed by atoms with van der Waals surface area (Å²) in [6.45, 7) is 5.08. The van der Waals surface area contributed by atoms with E-state index in [-0.39, 0.29) is 0 Å². The molecule has 2 nitrogen and oxygen atoms in total. The minimum absolute atomic E-state index is 0.758. The topological polar surface area (TPSA) is 27.8 Å². The minimum atomic E-state index is 0.758. The van der Waals surface area contributed by atoms with Crippen LogP contribution in [0.25, 0.3) is 10.9 Å². The number of hydrogen-bond donors (Lipinski definition) is 2. The van der Waals surface area contributed by atoms with Crippen molar-refractivity contribution in [1.29, 1.82) is 0 Å². The van der Waals surface area contributed by atoms with Gasteiger partial charge in [-0.1, -0.05) is 29.8 Å². The maximum Gasteiger partial charge on any atom is 0.0472 e. The third-order valence-corrected chi connectivity index (χ3v) is 4.04. The van der Waals surface area contributed by atoms with Gasteiger partial charge in [-0.25, -0.2) is 0 Å². The summed E-state index contributed by atoms with van der Waals surface area (Å²) in [5, 5.41) is 5.48. The molecule has 0 saturated carbocycles. The van der Waals surface area contributed by atoms with Crippen LogP contribution in [0.1, 0.15) is 16.7 Å². The molecule has 102 valence electrons. The zero-order valence-electron chi connectivity index (χ0n) is 11.6. The van der Waals surface area contributed by atoms with Crippen molar-refractivity contribution in [3.63, 3.8) is 0 Å². The van der Waals surface area contributed by atoms with E-state index in [0.29, 0.717) is 0 Å². The van der Waals surface area contributed by atoms with Gasteiger partial charge in [0, 0.05) is 34.4 Å². The van der Waals surface area contributed by atoms with Gasteiger partial charge in [-0.2, -0.15) is 0 Å². The second kappa shape index (κ2) is 5.22. The third kappa shape index (κ3) is 2.39. The average Bonchev–Trinajstić information content (AvgIpc) is 2.83. The molecule has 0 radical (unpaired) electrons. The van der Waals surface area contributed by atoms with E-state index in [9.17, 15) is 0 Å². The Morgan fingerprint density at radius 2 is 2.00 bits per heavy atom. The molecule has 0 aliphatic carbocycles. The van der Waals surface area contributed by atoms with Crippen molar-refractivity contribution in [2.24, 2.45) is 0 Å². The number of benzene rings is 2. The summed E-state index contributed by atoms with van der Waals surface area (Å²) in [6.07, 6.45) is 2.04. The second-order valence-corrected chi connectivity index (χ2v) is 5.54. The van der Waals surface area contributed by atoms with Crippen LogP contribution in [0.5, 0.6) is 0 Å². The highest BCUT2D eigenvalue weighted by Gasteiger charge is 2.05. The van der Waals surface area contributed by atoms with Gasteiger partial charge in [-0.05, 0) is 48.7 Å². The highest BCUT2D eigenvalue weighted by molar-refractivity contribution is 6.31. The van der Waals surface area contributed by atoms with Crippen LogP contribution in [-0.4, -0.2) is 4.98 Å². The molecule has 0 amide bonds. The van der Waals surface area contributed by atoms with Gasteiger partial charge in [0.05, 0.1) is 0 Å². The molecule has 2 N–H and O–H groups in total. The van der Waals surface area contributed by atoms with Gasteiger partial charge in [0.2, 0.25) is 0 Å². The molecule has 0 aliphatic heterocycles. The third-order valence-electron chi connectivity index (χ3n) is 3.80. The molecule has 0 fully saturated rings. The van der Waals surface area contributed by atoms with Crippen LogP contribution in [0, 0.1) is 13.8 Å². The molecule has 0 atom stereocenters. The first-order valence-electron chi connectivity index (χ1n) is 6.71. The number of aromatic nitrogens is 1. The molecule has 0 aliphatic rings. The average molecular weight is 285 g/mol. The van der Waals surface area contributed by atoms with E-state index in [1.165, 1.54) is 27.8 Å². The zero-order valence-corrected chi connectivity index (χ0v) is 12.4.